The van der Waals surface area contributed by atoms with Gasteiger partial charge in [-0.2, -0.15) is 5.10 Å². The Bertz CT molecular complexity index is 368. The molecule has 0 aromatic carbocycles. The number of nitrogens with zero attached hydrogens (tertiary/aromatic N) is 2. The van der Waals surface area contributed by atoms with E-state index in [0.717, 1.165) is 25.3 Å². The molecule has 1 aromatic rings. The van der Waals surface area contributed by atoms with Gasteiger partial charge in [-0.15, -0.1) is 0 Å². The fourth-order valence-electron chi connectivity index (χ4n) is 2.72. The van der Waals surface area contributed by atoms with E-state index >= 15 is 0 Å². The number of hydrogen-bond acceptors (Lipinski definition) is 3. The molecular weight excluding hydrogens is 224 g/mol. The van der Waals surface area contributed by atoms with E-state index < -0.39 is 0 Å². The van der Waals surface area contributed by atoms with Gasteiger partial charge in [0.25, 0.3) is 0 Å². The zero-order chi connectivity index (χ0) is 13.0. The summed E-state index contributed by atoms with van der Waals surface area (Å²) in [5.74, 6) is 6.58. The van der Waals surface area contributed by atoms with Crippen molar-refractivity contribution in [3.05, 3.63) is 17.5 Å². The third kappa shape index (κ3) is 3.12. The van der Waals surface area contributed by atoms with Crippen LogP contribution in [0.15, 0.2) is 6.07 Å². The lowest BCUT2D eigenvalue weighted by Crippen LogP contribution is -2.39. The molecule has 0 radical (unpaired) electrons. The molecule has 1 aromatic heterocycles. The molecule has 0 aliphatic heterocycles. The summed E-state index contributed by atoms with van der Waals surface area (Å²) in [6.07, 6.45) is 7.36. The Morgan fingerprint density at radius 2 is 2.28 bits per heavy atom. The first kappa shape index (κ1) is 13.6. The van der Waals surface area contributed by atoms with Crippen molar-refractivity contribution in [2.45, 2.75) is 65.0 Å². The highest BCUT2D eigenvalue weighted by Crippen LogP contribution is 2.31. The Morgan fingerprint density at radius 1 is 1.50 bits per heavy atom. The van der Waals surface area contributed by atoms with Crippen molar-refractivity contribution in [2.75, 3.05) is 0 Å². The van der Waals surface area contributed by atoms with Crippen LogP contribution in [0.25, 0.3) is 0 Å². The number of nitrogens with one attached hydrogen (secondary N) is 1. The van der Waals surface area contributed by atoms with E-state index in [4.69, 9.17) is 5.84 Å². The second-order valence-electron chi connectivity index (χ2n) is 5.40. The summed E-state index contributed by atoms with van der Waals surface area (Å²) < 4.78 is 2.12. The maximum absolute atomic E-state index is 5.70. The molecule has 0 saturated heterocycles. The third-order valence-corrected chi connectivity index (χ3v) is 4.11. The van der Waals surface area contributed by atoms with Gasteiger partial charge >= 0.3 is 0 Å². The van der Waals surface area contributed by atoms with E-state index in [2.05, 4.69) is 35.1 Å². The van der Waals surface area contributed by atoms with E-state index in [1.807, 2.05) is 0 Å². The van der Waals surface area contributed by atoms with Crippen molar-refractivity contribution in [3.63, 3.8) is 0 Å². The van der Waals surface area contributed by atoms with Crippen LogP contribution in [0.2, 0.25) is 0 Å². The third-order valence-electron chi connectivity index (χ3n) is 4.11. The van der Waals surface area contributed by atoms with Crippen molar-refractivity contribution < 1.29 is 0 Å². The Labute approximate surface area is 110 Å². The first-order chi connectivity index (χ1) is 8.76. The van der Waals surface area contributed by atoms with Crippen LogP contribution >= 0.6 is 0 Å². The molecule has 18 heavy (non-hydrogen) atoms. The maximum Gasteiger partial charge on any atom is 0.0624 e. The van der Waals surface area contributed by atoms with Gasteiger partial charge in [-0.3, -0.25) is 16.0 Å². The second kappa shape index (κ2) is 6.34. The van der Waals surface area contributed by atoms with Crippen molar-refractivity contribution in [2.24, 2.45) is 11.8 Å². The predicted octanol–water partition coefficient (Wildman–Crippen LogP) is 2.03. The Hall–Kier alpha value is -0.870. The summed E-state index contributed by atoms with van der Waals surface area (Å²) in [6.45, 7) is 5.24. The monoisotopic (exact) mass is 250 g/mol. The van der Waals surface area contributed by atoms with Crippen LogP contribution in [0.4, 0.5) is 0 Å². The quantitative estimate of drug-likeness (QED) is 0.575. The standard InChI is InChI=1S/C14H26N4/c1-3-12-9-14(18(4-2)17-12)10-13(16-15)8-11-6-5-7-11/h9,11,13,16H,3-8,10,15H2,1-2H3. The van der Waals surface area contributed by atoms with Gasteiger partial charge in [0.1, 0.15) is 0 Å². The van der Waals surface area contributed by atoms with E-state index in [0.29, 0.717) is 6.04 Å². The molecule has 1 heterocycles. The molecule has 0 spiro atoms. The molecule has 1 fully saturated rings. The van der Waals surface area contributed by atoms with Gasteiger partial charge in [-0.25, -0.2) is 0 Å². The van der Waals surface area contributed by atoms with E-state index in [1.54, 1.807) is 0 Å². The van der Waals surface area contributed by atoms with Crippen LogP contribution in [-0.4, -0.2) is 15.8 Å². The van der Waals surface area contributed by atoms with Crippen LogP contribution < -0.4 is 11.3 Å². The van der Waals surface area contributed by atoms with Gasteiger partial charge in [0.15, 0.2) is 0 Å². The number of hydrazine groups is 1. The minimum Gasteiger partial charge on any atom is -0.271 e. The molecule has 1 atom stereocenters. The lowest BCUT2D eigenvalue weighted by atomic mass is 9.80. The number of aryl methyl sites for hydroxylation is 2. The SMILES string of the molecule is CCc1cc(CC(CC2CCC2)NN)n(CC)n1. The van der Waals surface area contributed by atoms with Crippen LogP contribution in [-0.2, 0) is 19.4 Å². The van der Waals surface area contributed by atoms with Gasteiger partial charge in [0.05, 0.1) is 5.69 Å². The van der Waals surface area contributed by atoms with Crippen LogP contribution in [0.1, 0.15) is 50.9 Å². The Kier molecular flexibility index (Phi) is 4.78. The highest BCUT2D eigenvalue weighted by molar-refractivity contribution is 5.12. The molecule has 1 unspecified atom stereocenters. The fourth-order valence-corrected chi connectivity index (χ4v) is 2.72. The minimum absolute atomic E-state index is 0.391. The molecule has 3 N–H and O–H groups in total. The molecule has 0 bridgehead atoms. The van der Waals surface area contributed by atoms with Crippen LogP contribution in [0.5, 0.6) is 0 Å². The summed E-state index contributed by atoms with van der Waals surface area (Å²) in [4.78, 5) is 0. The molecule has 0 amide bonds. The molecule has 1 aliphatic rings. The Balaban J connectivity index is 1.98. The number of aromatic nitrogens is 2. The molecule has 1 saturated carbocycles. The largest absolute Gasteiger partial charge is 0.271 e. The second-order valence-corrected chi connectivity index (χ2v) is 5.40. The van der Waals surface area contributed by atoms with Gasteiger partial charge in [0, 0.05) is 24.7 Å². The summed E-state index contributed by atoms with van der Waals surface area (Å²) in [5.41, 5.74) is 5.49. The summed E-state index contributed by atoms with van der Waals surface area (Å²) in [6, 6.07) is 2.62. The lowest BCUT2D eigenvalue weighted by molar-refractivity contribution is 0.258. The van der Waals surface area contributed by atoms with E-state index in [9.17, 15) is 0 Å². The first-order valence-corrected chi connectivity index (χ1v) is 7.28. The highest BCUT2D eigenvalue weighted by Gasteiger charge is 2.22. The number of nitrogens with two attached hydrogens (primary N) is 1. The van der Waals surface area contributed by atoms with E-state index in [-0.39, 0.29) is 0 Å². The van der Waals surface area contributed by atoms with Crippen molar-refractivity contribution in [1.82, 2.24) is 15.2 Å². The zero-order valence-electron chi connectivity index (χ0n) is 11.7. The van der Waals surface area contributed by atoms with Crippen LogP contribution in [0, 0.1) is 5.92 Å². The first-order valence-electron chi connectivity index (χ1n) is 7.28. The molecule has 1 aliphatic carbocycles. The fraction of sp³-hybridized carbons (Fsp3) is 0.786. The molecule has 102 valence electrons. The summed E-state index contributed by atoms with van der Waals surface area (Å²) >= 11 is 0. The minimum atomic E-state index is 0.391. The molecule has 2 rings (SSSR count). The van der Waals surface area contributed by atoms with Gasteiger partial charge in [-0.05, 0) is 31.7 Å². The molecular formula is C14H26N4. The van der Waals surface area contributed by atoms with Crippen LogP contribution in [0.3, 0.4) is 0 Å². The average Bonchev–Trinajstić information content (AvgIpc) is 2.74. The van der Waals surface area contributed by atoms with Gasteiger partial charge in [0.2, 0.25) is 0 Å². The summed E-state index contributed by atoms with van der Waals surface area (Å²) in [7, 11) is 0. The smallest absolute Gasteiger partial charge is 0.0624 e. The Morgan fingerprint density at radius 3 is 2.78 bits per heavy atom. The molecule has 4 heteroatoms. The zero-order valence-corrected chi connectivity index (χ0v) is 11.7. The maximum atomic E-state index is 5.70. The topological polar surface area (TPSA) is 55.9 Å². The lowest BCUT2D eigenvalue weighted by Gasteiger charge is -2.29. The number of hydrogen-bond donors (Lipinski definition) is 2. The van der Waals surface area contributed by atoms with Gasteiger partial charge in [-0.1, -0.05) is 26.2 Å². The summed E-state index contributed by atoms with van der Waals surface area (Å²) in [5, 5.41) is 4.60. The molecule has 4 nitrogen and oxygen atoms in total. The highest BCUT2D eigenvalue weighted by atomic mass is 15.3. The van der Waals surface area contributed by atoms with E-state index in [1.165, 1.54) is 37.1 Å². The van der Waals surface area contributed by atoms with Crippen molar-refractivity contribution in [3.8, 4) is 0 Å². The average molecular weight is 250 g/mol. The number of rotatable bonds is 7. The van der Waals surface area contributed by atoms with Crippen molar-refractivity contribution in [1.29, 1.82) is 0 Å². The normalized spacial score (nSPS) is 17.7. The predicted molar refractivity (Wildman–Crippen MR) is 74.1 cm³/mol. The van der Waals surface area contributed by atoms with Crippen molar-refractivity contribution >= 4 is 0 Å². The van der Waals surface area contributed by atoms with Gasteiger partial charge < -0.3 is 0 Å².